The molecular formula is C20H30N4O5PS2+. The van der Waals surface area contributed by atoms with E-state index >= 15 is 0 Å². The van der Waals surface area contributed by atoms with Crippen molar-refractivity contribution in [3.8, 4) is 11.8 Å². The molecule has 0 bridgehead atoms. The Morgan fingerprint density at radius 2 is 1.19 bits per heavy atom. The van der Waals surface area contributed by atoms with Crippen LogP contribution in [-0.4, -0.2) is 28.6 Å². The van der Waals surface area contributed by atoms with Gasteiger partial charge in [0.1, 0.15) is 9.49 Å². The lowest BCUT2D eigenvalue weighted by Crippen LogP contribution is -2.39. The number of aromatic nitrogens is 2. The Labute approximate surface area is 196 Å². The average Bonchev–Trinajstić information content (AvgIpc) is 2.69. The van der Waals surface area contributed by atoms with Crippen LogP contribution in [0.3, 0.4) is 0 Å². The molecule has 2 unspecified atom stereocenters. The predicted octanol–water partition coefficient (Wildman–Crippen LogP) is 3.70. The van der Waals surface area contributed by atoms with E-state index in [2.05, 4.69) is 19.4 Å². The normalized spacial score (nSPS) is 14.6. The second kappa shape index (κ2) is 11.6. The van der Waals surface area contributed by atoms with Gasteiger partial charge in [-0.3, -0.25) is 0 Å². The van der Waals surface area contributed by atoms with Crippen molar-refractivity contribution >= 4 is 31.0 Å². The van der Waals surface area contributed by atoms with Crippen LogP contribution in [0.4, 0.5) is 0 Å². The lowest BCUT2D eigenvalue weighted by molar-refractivity contribution is 0.402. The minimum Gasteiger partial charge on any atom is -0.598 e. The summed E-state index contributed by atoms with van der Waals surface area (Å²) in [6.45, 7) is 11.8. The molecule has 0 fully saturated rings. The first kappa shape index (κ1) is 26.8. The van der Waals surface area contributed by atoms with Gasteiger partial charge in [0.15, 0.2) is 0 Å². The molecule has 2 heterocycles. The van der Waals surface area contributed by atoms with E-state index in [9.17, 15) is 13.7 Å². The summed E-state index contributed by atoms with van der Waals surface area (Å²) in [5, 5.41) is 0. The fourth-order valence-corrected chi connectivity index (χ4v) is 4.07. The maximum atomic E-state index is 12.3. The van der Waals surface area contributed by atoms with Crippen molar-refractivity contribution in [3.63, 3.8) is 0 Å². The smallest absolute Gasteiger partial charge is 0.598 e. The van der Waals surface area contributed by atoms with Crippen LogP contribution < -0.4 is 18.5 Å². The fraction of sp³-hybridized carbons (Fsp3) is 0.500. The molecule has 0 saturated carbocycles. The molecule has 2 N–H and O–H groups in total. The van der Waals surface area contributed by atoms with E-state index in [1.807, 2.05) is 41.5 Å². The number of hydrogen-bond acceptors (Lipinski definition) is 9. The van der Waals surface area contributed by atoms with Gasteiger partial charge >= 0.3 is 8.25 Å². The largest absolute Gasteiger partial charge is 0.808 e. The highest BCUT2D eigenvalue weighted by Gasteiger charge is 2.29. The quantitative estimate of drug-likeness (QED) is 0.369. The zero-order valence-corrected chi connectivity index (χ0v) is 21.6. The molecule has 0 radical (unpaired) electrons. The molecular weight excluding hydrogens is 471 g/mol. The maximum absolute atomic E-state index is 12.3. The number of nitrogens with zero attached hydrogens (tertiary/aromatic N) is 2. The van der Waals surface area contributed by atoms with Gasteiger partial charge in [-0.05, 0) is 53.7 Å². The third-order valence-electron chi connectivity index (χ3n) is 3.78. The molecule has 2 atom stereocenters. The molecule has 176 valence electrons. The molecule has 32 heavy (non-hydrogen) atoms. The van der Waals surface area contributed by atoms with Crippen molar-refractivity contribution in [3.05, 3.63) is 47.8 Å². The van der Waals surface area contributed by atoms with E-state index in [0.29, 0.717) is 11.4 Å². The third kappa shape index (κ3) is 9.19. The van der Waals surface area contributed by atoms with Crippen LogP contribution in [0, 0.1) is 0 Å². The topological polar surface area (TPSA) is 131 Å². The molecule has 2 rings (SSSR count). The summed E-state index contributed by atoms with van der Waals surface area (Å²) in [6.07, 6.45) is 0. The van der Waals surface area contributed by atoms with Crippen molar-refractivity contribution in [2.45, 2.75) is 64.1 Å². The second-order valence-corrected chi connectivity index (χ2v) is 13.7. The van der Waals surface area contributed by atoms with Crippen LogP contribution in [0.15, 0.2) is 36.4 Å². The standard InChI is InChI=1S/C20H30N4O5PS2/c1-19(2,3)31(26)21-13-15-9-7-11-17(23-15)28-30(25)29-18-12-8-10-16(24-18)14-22-32(27)20(4,5)6/h7-12,21-22H,13-14H2,1-6H3/q+1. The highest BCUT2D eigenvalue weighted by atomic mass is 32.2. The summed E-state index contributed by atoms with van der Waals surface area (Å²) in [7, 11) is -2.57. The maximum Gasteiger partial charge on any atom is 0.808 e. The summed E-state index contributed by atoms with van der Waals surface area (Å²) in [4.78, 5) is 8.50. The third-order valence-corrected chi connectivity index (χ3v) is 7.49. The Morgan fingerprint density at radius 3 is 1.53 bits per heavy atom. The predicted molar refractivity (Wildman–Crippen MR) is 127 cm³/mol. The average molecular weight is 502 g/mol. The van der Waals surface area contributed by atoms with E-state index in [0.717, 1.165) is 0 Å². The van der Waals surface area contributed by atoms with Gasteiger partial charge in [0.2, 0.25) is 0 Å². The van der Waals surface area contributed by atoms with Crippen molar-refractivity contribution < 1.29 is 22.7 Å². The van der Waals surface area contributed by atoms with Gasteiger partial charge in [0.25, 0.3) is 11.8 Å². The van der Waals surface area contributed by atoms with Crippen LogP contribution in [0.5, 0.6) is 11.8 Å². The van der Waals surface area contributed by atoms with Crippen LogP contribution >= 0.6 is 8.25 Å². The molecule has 0 saturated heterocycles. The Balaban J connectivity index is 1.91. The van der Waals surface area contributed by atoms with Crippen molar-refractivity contribution in [2.24, 2.45) is 0 Å². The highest BCUT2D eigenvalue weighted by molar-refractivity contribution is 7.91. The summed E-state index contributed by atoms with van der Waals surface area (Å²) >= 11 is -2.48. The number of pyridine rings is 2. The minimum atomic E-state index is -2.57. The minimum absolute atomic E-state index is 0.116. The Hall–Kier alpha value is -1.46. The van der Waals surface area contributed by atoms with E-state index in [1.165, 1.54) is 0 Å². The molecule has 0 aromatic carbocycles. The lowest BCUT2D eigenvalue weighted by Gasteiger charge is -2.23. The zero-order valence-electron chi connectivity index (χ0n) is 19.1. The summed E-state index contributed by atoms with van der Waals surface area (Å²) in [6, 6.07) is 9.98. The van der Waals surface area contributed by atoms with Crippen LogP contribution in [0.1, 0.15) is 52.9 Å². The van der Waals surface area contributed by atoms with Crippen molar-refractivity contribution in [1.29, 1.82) is 0 Å². The van der Waals surface area contributed by atoms with Gasteiger partial charge < -0.3 is 9.11 Å². The fourth-order valence-electron chi connectivity index (χ4n) is 2.10. The Morgan fingerprint density at radius 1 is 0.812 bits per heavy atom. The van der Waals surface area contributed by atoms with Crippen LogP contribution in [0.25, 0.3) is 0 Å². The number of nitrogens with one attached hydrogen (secondary N) is 2. The number of hydrogen-bond donors (Lipinski definition) is 2. The van der Waals surface area contributed by atoms with Gasteiger partial charge in [-0.1, -0.05) is 12.1 Å². The summed E-state index contributed by atoms with van der Waals surface area (Å²) in [5.74, 6) is 0.232. The van der Waals surface area contributed by atoms with E-state index in [-0.39, 0.29) is 24.8 Å². The van der Waals surface area contributed by atoms with E-state index in [4.69, 9.17) is 9.05 Å². The van der Waals surface area contributed by atoms with E-state index in [1.54, 1.807) is 36.4 Å². The molecule has 0 aliphatic heterocycles. The monoisotopic (exact) mass is 501 g/mol. The van der Waals surface area contributed by atoms with Gasteiger partial charge in [-0.15, -0.1) is 9.44 Å². The summed E-state index contributed by atoms with van der Waals surface area (Å²) < 4.78 is 52.1. The Bertz CT molecular complexity index is 837. The first-order chi connectivity index (χ1) is 14.8. The SMILES string of the molecule is CC(C)(C)[S+]([O-])NCc1cccc(O[P+](=O)Oc2cccc(CN[S+]([O-])C(C)(C)C)n2)n1. The molecule has 0 amide bonds. The van der Waals surface area contributed by atoms with Gasteiger partial charge in [0.05, 0.1) is 24.5 Å². The van der Waals surface area contributed by atoms with E-state index < -0.39 is 40.5 Å². The van der Waals surface area contributed by atoms with Gasteiger partial charge in [-0.25, -0.2) is 19.0 Å². The van der Waals surface area contributed by atoms with Crippen molar-refractivity contribution in [1.82, 2.24) is 19.4 Å². The molecule has 12 heteroatoms. The molecule has 0 aliphatic rings. The molecule has 0 spiro atoms. The first-order valence-electron chi connectivity index (χ1n) is 9.90. The first-order valence-corrected chi connectivity index (χ1v) is 13.3. The second-order valence-electron chi connectivity index (χ2n) is 8.74. The highest BCUT2D eigenvalue weighted by Crippen LogP contribution is 2.28. The number of rotatable bonds is 10. The van der Waals surface area contributed by atoms with Crippen LogP contribution in [-0.2, 0) is 40.4 Å². The molecule has 2 aromatic rings. The zero-order chi connectivity index (χ0) is 23.9. The van der Waals surface area contributed by atoms with Gasteiger partial charge in [-0.2, -0.15) is 0 Å². The van der Waals surface area contributed by atoms with Crippen molar-refractivity contribution in [2.75, 3.05) is 0 Å². The molecule has 0 aliphatic carbocycles. The Kier molecular flexibility index (Phi) is 9.71. The lowest BCUT2D eigenvalue weighted by atomic mass is 10.3. The molecule has 2 aromatic heterocycles. The van der Waals surface area contributed by atoms with Crippen LogP contribution in [0.2, 0.25) is 0 Å². The molecule has 9 nitrogen and oxygen atoms in total. The summed E-state index contributed by atoms with van der Waals surface area (Å²) in [5.41, 5.74) is 1.17. The van der Waals surface area contributed by atoms with Gasteiger partial charge in [0, 0.05) is 39.4 Å².